The number of carboxylic acids is 1. The zero-order valence-electron chi connectivity index (χ0n) is 7.61. The van der Waals surface area contributed by atoms with E-state index in [9.17, 15) is 9.59 Å². The summed E-state index contributed by atoms with van der Waals surface area (Å²) in [4.78, 5) is 21.0. The Balaban J connectivity index is 4.39. The summed E-state index contributed by atoms with van der Waals surface area (Å²) >= 11 is 0. The van der Waals surface area contributed by atoms with Gasteiger partial charge in [-0.2, -0.15) is 0 Å². The number of methoxy groups -OCH3 is 1. The number of ether oxygens (including phenoxy) is 1. The zero-order valence-corrected chi connectivity index (χ0v) is 7.61. The van der Waals surface area contributed by atoms with Crippen LogP contribution in [0.1, 0.15) is 13.3 Å². The molecule has 4 nitrogen and oxygen atoms in total. The monoisotopic (exact) mass is 184 g/mol. The molecule has 0 heterocycles. The minimum atomic E-state index is -1.04. The minimum absolute atomic E-state index is 0.433. The maximum atomic E-state index is 10.9. The fraction of sp³-hybridized carbons (Fsp3) is 0.333. The number of aliphatic carboxylic acids is 1. The van der Waals surface area contributed by atoms with Gasteiger partial charge in [-0.3, -0.25) is 0 Å². The number of rotatable bonds is 4. The van der Waals surface area contributed by atoms with Crippen LogP contribution in [0.3, 0.4) is 0 Å². The molecule has 13 heavy (non-hydrogen) atoms. The molecule has 0 saturated heterocycles. The quantitative estimate of drug-likeness (QED) is 0.404. The number of carbonyl (C=O) groups excluding carboxylic acids is 1. The van der Waals surface area contributed by atoms with Gasteiger partial charge in [0, 0.05) is 11.6 Å². The molecule has 0 aliphatic carbocycles. The first-order valence-electron chi connectivity index (χ1n) is 3.80. The predicted molar refractivity (Wildman–Crippen MR) is 47.2 cm³/mol. The van der Waals surface area contributed by atoms with Crippen molar-refractivity contribution in [3.05, 3.63) is 23.8 Å². The lowest BCUT2D eigenvalue weighted by molar-refractivity contribution is -0.136. The Kier molecular flexibility index (Phi) is 5.27. The fourth-order valence-electron chi connectivity index (χ4n) is 0.708. The molecule has 4 heteroatoms. The Morgan fingerprint density at radius 2 is 2.08 bits per heavy atom. The van der Waals surface area contributed by atoms with Gasteiger partial charge < -0.3 is 9.84 Å². The number of hydrogen-bond acceptors (Lipinski definition) is 3. The lowest BCUT2D eigenvalue weighted by Crippen LogP contribution is -2.03. The highest BCUT2D eigenvalue weighted by Gasteiger charge is 2.04. The number of allylic oxidation sites excluding steroid dienone is 2. The van der Waals surface area contributed by atoms with Gasteiger partial charge >= 0.3 is 11.9 Å². The van der Waals surface area contributed by atoms with Crippen LogP contribution < -0.4 is 0 Å². The van der Waals surface area contributed by atoms with Gasteiger partial charge in [-0.05, 0) is 6.42 Å². The summed E-state index contributed by atoms with van der Waals surface area (Å²) in [7, 11) is 1.28. The van der Waals surface area contributed by atoms with E-state index >= 15 is 0 Å². The Morgan fingerprint density at radius 3 is 2.46 bits per heavy atom. The third kappa shape index (κ3) is 4.79. The van der Waals surface area contributed by atoms with Crippen molar-refractivity contribution in [3.8, 4) is 0 Å². The van der Waals surface area contributed by atoms with E-state index in [0.717, 1.165) is 6.08 Å². The van der Waals surface area contributed by atoms with Crippen LogP contribution in [0.25, 0.3) is 0 Å². The van der Waals surface area contributed by atoms with Crippen LogP contribution in [0.2, 0.25) is 0 Å². The molecule has 0 aliphatic heterocycles. The topological polar surface area (TPSA) is 63.6 Å². The highest BCUT2D eigenvalue weighted by atomic mass is 16.5. The number of esters is 1. The standard InChI is InChI=1S/C9H12O4/c1-3-7(9(12)13-2)5-4-6-8(10)11/h4-6H,3H2,1-2H3,(H,10,11). The Labute approximate surface area is 76.5 Å². The average Bonchev–Trinajstić information content (AvgIpc) is 2.11. The summed E-state index contributed by atoms with van der Waals surface area (Å²) in [6.07, 6.45) is 4.20. The van der Waals surface area contributed by atoms with Gasteiger partial charge in [-0.1, -0.05) is 19.1 Å². The van der Waals surface area contributed by atoms with Crippen LogP contribution in [0.5, 0.6) is 0 Å². The van der Waals surface area contributed by atoms with Gasteiger partial charge in [0.25, 0.3) is 0 Å². The first-order chi connectivity index (χ1) is 6.11. The van der Waals surface area contributed by atoms with E-state index in [2.05, 4.69) is 4.74 Å². The molecule has 72 valence electrons. The maximum absolute atomic E-state index is 10.9. The Bertz CT molecular complexity index is 250. The first kappa shape index (κ1) is 11.4. The van der Waals surface area contributed by atoms with Crippen molar-refractivity contribution in [1.29, 1.82) is 0 Å². The molecule has 0 rings (SSSR count). The Morgan fingerprint density at radius 1 is 1.46 bits per heavy atom. The molecule has 0 aromatic heterocycles. The largest absolute Gasteiger partial charge is 0.478 e. The third-order valence-electron chi connectivity index (χ3n) is 1.36. The van der Waals surface area contributed by atoms with Crippen LogP contribution in [-0.2, 0) is 14.3 Å². The van der Waals surface area contributed by atoms with Gasteiger partial charge in [0.1, 0.15) is 0 Å². The molecule has 0 aromatic rings. The van der Waals surface area contributed by atoms with E-state index in [1.165, 1.54) is 19.3 Å². The van der Waals surface area contributed by atoms with Crippen LogP contribution >= 0.6 is 0 Å². The van der Waals surface area contributed by atoms with Gasteiger partial charge in [0.15, 0.2) is 0 Å². The predicted octanol–water partition coefficient (Wildman–Crippen LogP) is 1.14. The third-order valence-corrected chi connectivity index (χ3v) is 1.36. The number of hydrogen-bond donors (Lipinski definition) is 1. The minimum Gasteiger partial charge on any atom is -0.478 e. The van der Waals surface area contributed by atoms with Crippen LogP contribution in [0.4, 0.5) is 0 Å². The van der Waals surface area contributed by atoms with Gasteiger partial charge in [0.2, 0.25) is 0 Å². The first-order valence-corrected chi connectivity index (χ1v) is 3.80. The van der Waals surface area contributed by atoms with Crippen molar-refractivity contribution in [2.75, 3.05) is 7.11 Å². The molecule has 0 aromatic carbocycles. The van der Waals surface area contributed by atoms with Crippen molar-refractivity contribution < 1.29 is 19.4 Å². The van der Waals surface area contributed by atoms with E-state index in [4.69, 9.17) is 5.11 Å². The number of carbonyl (C=O) groups is 2. The van der Waals surface area contributed by atoms with Gasteiger partial charge in [-0.15, -0.1) is 0 Å². The number of carboxylic acid groups (broad SMARTS) is 1. The second-order valence-corrected chi connectivity index (χ2v) is 2.23. The SMILES string of the molecule is CCC(=CC=CC(=O)O)C(=O)OC. The van der Waals surface area contributed by atoms with E-state index in [-0.39, 0.29) is 0 Å². The fourth-order valence-corrected chi connectivity index (χ4v) is 0.708. The summed E-state index contributed by atoms with van der Waals surface area (Å²) in [5.41, 5.74) is 0.444. The molecule has 0 aliphatic rings. The van der Waals surface area contributed by atoms with Gasteiger partial charge in [0.05, 0.1) is 7.11 Å². The van der Waals surface area contributed by atoms with Gasteiger partial charge in [-0.25, -0.2) is 9.59 Å². The molecule has 0 atom stereocenters. The molecule has 0 spiro atoms. The van der Waals surface area contributed by atoms with E-state index < -0.39 is 11.9 Å². The summed E-state index contributed by atoms with van der Waals surface area (Å²) in [5, 5.41) is 8.26. The summed E-state index contributed by atoms with van der Waals surface area (Å²) < 4.78 is 4.47. The maximum Gasteiger partial charge on any atom is 0.333 e. The molecule has 0 saturated carbocycles. The summed E-state index contributed by atoms with van der Waals surface area (Å²) in [6.45, 7) is 1.79. The summed E-state index contributed by atoms with van der Waals surface area (Å²) in [5.74, 6) is -1.48. The molecule has 0 unspecified atom stereocenters. The second-order valence-electron chi connectivity index (χ2n) is 2.23. The van der Waals surface area contributed by atoms with Crippen molar-refractivity contribution >= 4 is 11.9 Å². The Hall–Kier alpha value is -1.58. The molecular formula is C9H12O4. The lowest BCUT2D eigenvalue weighted by atomic mass is 10.2. The summed E-state index contributed by atoms with van der Waals surface area (Å²) in [6, 6.07) is 0. The van der Waals surface area contributed by atoms with Crippen molar-refractivity contribution in [2.24, 2.45) is 0 Å². The molecule has 0 bridgehead atoms. The highest BCUT2D eigenvalue weighted by Crippen LogP contribution is 2.02. The van der Waals surface area contributed by atoms with Crippen LogP contribution in [0, 0.1) is 0 Å². The van der Waals surface area contributed by atoms with E-state index in [0.29, 0.717) is 12.0 Å². The van der Waals surface area contributed by atoms with E-state index in [1.54, 1.807) is 6.92 Å². The molecule has 0 fully saturated rings. The van der Waals surface area contributed by atoms with Crippen molar-refractivity contribution in [3.63, 3.8) is 0 Å². The van der Waals surface area contributed by atoms with Crippen LogP contribution in [0.15, 0.2) is 23.8 Å². The normalized spacial score (nSPS) is 11.7. The zero-order chi connectivity index (χ0) is 10.3. The molecule has 0 amide bonds. The average molecular weight is 184 g/mol. The van der Waals surface area contributed by atoms with Crippen LogP contribution in [-0.4, -0.2) is 24.2 Å². The molecule has 1 N–H and O–H groups in total. The smallest absolute Gasteiger partial charge is 0.333 e. The van der Waals surface area contributed by atoms with E-state index in [1.807, 2.05) is 0 Å². The highest BCUT2D eigenvalue weighted by molar-refractivity contribution is 5.89. The second kappa shape index (κ2) is 5.99. The van der Waals surface area contributed by atoms with Crippen molar-refractivity contribution in [1.82, 2.24) is 0 Å². The molecular weight excluding hydrogens is 172 g/mol. The molecule has 0 radical (unpaired) electrons. The van der Waals surface area contributed by atoms with Crippen molar-refractivity contribution in [2.45, 2.75) is 13.3 Å². The lowest BCUT2D eigenvalue weighted by Gasteiger charge is -1.98.